The smallest absolute Gasteiger partial charge is 0.111 e. The van der Waals surface area contributed by atoms with Gasteiger partial charge in [-0.05, 0) is 30.9 Å². The van der Waals surface area contributed by atoms with Crippen molar-refractivity contribution in [2.75, 3.05) is 0 Å². The number of nitrogens with zero attached hydrogens (tertiary/aromatic N) is 2. The first-order valence-corrected chi connectivity index (χ1v) is 6.93. The third kappa shape index (κ3) is 2.31. The molecule has 5 heteroatoms. The minimum atomic E-state index is 0.387. The maximum absolute atomic E-state index is 8.60. The van der Waals surface area contributed by atoms with Crippen LogP contribution in [0.25, 0.3) is 0 Å². The quantitative estimate of drug-likeness (QED) is 0.507. The van der Waals surface area contributed by atoms with E-state index in [1.54, 1.807) is 12.4 Å². The van der Waals surface area contributed by atoms with Gasteiger partial charge in [0.2, 0.25) is 0 Å². The van der Waals surface area contributed by atoms with Crippen LogP contribution in [0.4, 0.5) is 0 Å². The summed E-state index contributed by atoms with van der Waals surface area (Å²) in [6.45, 7) is 0. The van der Waals surface area contributed by atoms with Gasteiger partial charge in [-0.3, -0.25) is 0 Å². The zero-order valence-corrected chi connectivity index (χ0v) is 10.8. The topological polar surface area (TPSA) is 61.3 Å². The number of oxime groups is 1. The number of aromatic nitrogens is 2. The van der Waals surface area contributed by atoms with Gasteiger partial charge in [0.15, 0.2) is 0 Å². The van der Waals surface area contributed by atoms with E-state index in [-0.39, 0.29) is 0 Å². The van der Waals surface area contributed by atoms with E-state index >= 15 is 0 Å². The summed E-state index contributed by atoms with van der Waals surface area (Å²) in [4.78, 5) is 10.2. The van der Waals surface area contributed by atoms with Crippen molar-refractivity contribution < 1.29 is 5.21 Å². The number of hydrogen-bond acceptors (Lipinski definition) is 4. The third-order valence-electron chi connectivity index (χ3n) is 3.35. The summed E-state index contributed by atoms with van der Waals surface area (Å²) >= 11 is 1.86. The molecule has 94 valence electrons. The molecule has 2 N–H and O–H groups in total. The summed E-state index contributed by atoms with van der Waals surface area (Å²) in [5.41, 5.74) is 1.46. The Balaban J connectivity index is 1.76. The Morgan fingerprint density at radius 2 is 2.56 bits per heavy atom. The van der Waals surface area contributed by atoms with Gasteiger partial charge in [0.1, 0.15) is 5.82 Å². The molecular weight excluding hydrogens is 246 g/mol. The summed E-state index contributed by atoms with van der Waals surface area (Å²) < 4.78 is 0. The van der Waals surface area contributed by atoms with Gasteiger partial charge >= 0.3 is 0 Å². The van der Waals surface area contributed by atoms with E-state index in [1.807, 2.05) is 17.5 Å². The number of H-pyrrole nitrogens is 1. The van der Waals surface area contributed by atoms with Crippen molar-refractivity contribution in [1.82, 2.24) is 9.97 Å². The highest BCUT2D eigenvalue weighted by molar-refractivity contribution is 7.12. The lowest BCUT2D eigenvalue weighted by Gasteiger charge is -2.17. The first kappa shape index (κ1) is 11.5. The number of aryl methyl sites for hydroxylation is 1. The molecule has 1 unspecified atom stereocenters. The predicted molar refractivity (Wildman–Crippen MR) is 71.5 cm³/mol. The molecule has 2 heterocycles. The first-order chi connectivity index (χ1) is 8.85. The second-order valence-corrected chi connectivity index (χ2v) is 5.86. The number of rotatable bonds is 3. The van der Waals surface area contributed by atoms with Gasteiger partial charge in [0.05, 0.1) is 0 Å². The van der Waals surface area contributed by atoms with Gasteiger partial charge in [-0.15, -0.1) is 16.5 Å². The van der Waals surface area contributed by atoms with Gasteiger partial charge in [-0.2, -0.15) is 0 Å². The number of hydrogen-bond donors (Lipinski definition) is 2. The fourth-order valence-electron chi connectivity index (χ4n) is 2.46. The molecule has 0 spiro atoms. The van der Waals surface area contributed by atoms with Crippen LogP contribution in [0.15, 0.2) is 23.6 Å². The van der Waals surface area contributed by atoms with Gasteiger partial charge in [0.25, 0.3) is 0 Å². The fraction of sp³-hybridized carbons (Fsp3) is 0.385. The van der Waals surface area contributed by atoms with E-state index in [0.29, 0.717) is 5.92 Å². The summed E-state index contributed by atoms with van der Waals surface area (Å²) in [7, 11) is 0. The zero-order valence-electron chi connectivity index (χ0n) is 9.97. The molecule has 0 bridgehead atoms. The fourth-order valence-corrected chi connectivity index (χ4v) is 3.78. The molecule has 1 aliphatic rings. The van der Waals surface area contributed by atoms with Crippen LogP contribution < -0.4 is 0 Å². The number of aromatic amines is 1. The molecule has 3 rings (SSSR count). The summed E-state index contributed by atoms with van der Waals surface area (Å²) in [6.07, 6.45) is 9.35. The molecular formula is C13H15N3OS. The Labute approximate surface area is 109 Å². The van der Waals surface area contributed by atoms with Gasteiger partial charge in [0, 0.05) is 40.7 Å². The second-order valence-electron chi connectivity index (χ2n) is 4.64. The van der Waals surface area contributed by atoms with Gasteiger partial charge < -0.3 is 10.2 Å². The van der Waals surface area contributed by atoms with Crippen molar-refractivity contribution in [3.63, 3.8) is 0 Å². The van der Waals surface area contributed by atoms with Crippen molar-refractivity contribution in [3.8, 4) is 0 Å². The number of thiophene rings is 1. The number of imidazole rings is 1. The molecule has 0 saturated carbocycles. The standard InChI is InChI=1S/C13H15N3OS/c17-16-8-9-1-2-10-6-11(18-12(10)5-9)7-13-14-3-4-15-13/h3-4,6,8-9,17H,1-2,5,7H2,(H,14,15). The summed E-state index contributed by atoms with van der Waals surface area (Å²) in [6, 6.07) is 2.30. The van der Waals surface area contributed by atoms with E-state index in [4.69, 9.17) is 5.21 Å². The molecule has 18 heavy (non-hydrogen) atoms. The van der Waals surface area contributed by atoms with Crippen LogP contribution in [0, 0.1) is 5.92 Å². The lowest BCUT2D eigenvalue weighted by atomic mass is 9.90. The minimum absolute atomic E-state index is 0.387. The lowest BCUT2D eigenvalue weighted by molar-refractivity contribution is 0.317. The van der Waals surface area contributed by atoms with E-state index in [1.165, 1.54) is 15.3 Å². The van der Waals surface area contributed by atoms with E-state index in [2.05, 4.69) is 21.2 Å². The molecule has 0 radical (unpaired) electrons. The zero-order chi connectivity index (χ0) is 12.4. The molecule has 0 fully saturated rings. The van der Waals surface area contributed by atoms with Crippen molar-refractivity contribution >= 4 is 17.6 Å². The van der Waals surface area contributed by atoms with Crippen LogP contribution in [0.2, 0.25) is 0 Å². The Kier molecular flexibility index (Phi) is 3.15. The predicted octanol–water partition coefficient (Wildman–Crippen LogP) is 2.63. The third-order valence-corrected chi connectivity index (χ3v) is 4.55. The largest absolute Gasteiger partial charge is 0.411 e. The summed E-state index contributed by atoms with van der Waals surface area (Å²) in [5.74, 6) is 1.40. The minimum Gasteiger partial charge on any atom is -0.411 e. The van der Waals surface area contributed by atoms with Crippen molar-refractivity contribution in [2.45, 2.75) is 25.7 Å². The van der Waals surface area contributed by atoms with Crippen molar-refractivity contribution in [3.05, 3.63) is 39.6 Å². The number of fused-ring (bicyclic) bond motifs is 1. The molecule has 4 nitrogen and oxygen atoms in total. The second kappa shape index (κ2) is 4.94. The average Bonchev–Trinajstić information content (AvgIpc) is 2.98. The van der Waals surface area contributed by atoms with Crippen LogP contribution in [0.3, 0.4) is 0 Å². The maximum atomic E-state index is 8.60. The summed E-state index contributed by atoms with van der Waals surface area (Å²) in [5, 5.41) is 11.8. The van der Waals surface area contributed by atoms with Crippen molar-refractivity contribution in [1.29, 1.82) is 0 Å². The average molecular weight is 261 g/mol. The lowest BCUT2D eigenvalue weighted by Crippen LogP contribution is -2.13. The molecule has 0 amide bonds. The van der Waals surface area contributed by atoms with Crippen LogP contribution >= 0.6 is 11.3 Å². The number of nitrogens with one attached hydrogen (secondary N) is 1. The van der Waals surface area contributed by atoms with Crippen LogP contribution in [0.1, 0.15) is 27.6 Å². The van der Waals surface area contributed by atoms with Crippen LogP contribution in [-0.2, 0) is 19.3 Å². The monoisotopic (exact) mass is 261 g/mol. The molecule has 0 aliphatic heterocycles. The van der Waals surface area contributed by atoms with Gasteiger partial charge in [-0.25, -0.2) is 4.98 Å². The Morgan fingerprint density at radius 3 is 3.33 bits per heavy atom. The molecule has 1 aliphatic carbocycles. The van der Waals surface area contributed by atoms with E-state index < -0.39 is 0 Å². The molecule has 2 aromatic heterocycles. The van der Waals surface area contributed by atoms with Crippen LogP contribution in [0.5, 0.6) is 0 Å². The van der Waals surface area contributed by atoms with Crippen LogP contribution in [-0.4, -0.2) is 21.4 Å². The normalized spacial score (nSPS) is 19.2. The molecule has 0 aromatic carbocycles. The molecule has 2 aromatic rings. The molecule has 1 atom stereocenters. The maximum Gasteiger partial charge on any atom is 0.111 e. The SMILES string of the molecule is ON=CC1CCc2cc(Cc3ncc[nH]3)sc2C1. The highest BCUT2D eigenvalue weighted by Gasteiger charge is 2.20. The highest BCUT2D eigenvalue weighted by atomic mass is 32.1. The Hall–Kier alpha value is -1.62. The van der Waals surface area contributed by atoms with E-state index in [9.17, 15) is 0 Å². The van der Waals surface area contributed by atoms with E-state index in [0.717, 1.165) is 31.5 Å². The Morgan fingerprint density at radius 1 is 1.61 bits per heavy atom. The highest BCUT2D eigenvalue weighted by Crippen LogP contribution is 2.32. The van der Waals surface area contributed by atoms with Crippen molar-refractivity contribution in [2.24, 2.45) is 11.1 Å². The van der Waals surface area contributed by atoms with Gasteiger partial charge in [-0.1, -0.05) is 0 Å². The Bertz CT molecular complexity index is 545. The first-order valence-electron chi connectivity index (χ1n) is 6.11. The molecule has 0 saturated heterocycles.